The van der Waals surface area contributed by atoms with Gasteiger partial charge in [-0.1, -0.05) is 11.8 Å². The Morgan fingerprint density at radius 2 is 2.45 bits per heavy atom. The summed E-state index contributed by atoms with van der Waals surface area (Å²) in [7, 11) is 1.53. The van der Waals surface area contributed by atoms with Gasteiger partial charge in [0.25, 0.3) is 0 Å². The van der Waals surface area contributed by atoms with E-state index in [4.69, 9.17) is 9.47 Å². The monoisotopic (exact) mass is 279 g/mol. The Bertz CT molecular complexity index is 581. The summed E-state index contributed by atoms with van der Waals surface area (Å²) < 4.78 is 9.72. The zero-order valence-corrected chi connectivity index (χ0v) is 10.8. The van der Waals surface area contributed by atoms with E-state index in [1.165, 1.54) is 30.9 Å². The molecule has 1 aliphatic rings. The van der Waals surface area contributed by atoms with Crippen molar-refractivity contribution in [2.75, 3.05) is 31.8 Å². The van der Waals surface area contributed by atoms with Crippen LogP contribution in [0.3, 0.4) is 0 Å². The zero-order chi connectivity index (χ0) is 14.5. The van der Waals surface area contributed by atoms with Gasteiger partial charge in [-0.3, -0.25) is 14.9 Å². The molecule has 1 heterocycles. The van der Waals surface area contributed by atoms with Gasteiger partial charge in [-0.25, -0.2) is 0 Å². The quantitative estimate of drug-likeness (QED) is 0.335. The maximum Gasteiger partial charge on any atom is 0.212 e. The standard InChI is InChI=1S/C12H13N3O5/c1-19-5-4-13-10-3-2-9(6-11(10)15(17)18)14-8-20-7-12(14)16/h2-3,6,8H,4-5,7H2,1H3/q-2. The van der Waals surface area contributed by atoms with Gasteiger partial charge in [0.05, 0.1) is 19.8 Å². The minimum Gasteiger partial charge on any atom is -0.525 e. The molecule has 1 fully saturated rings. The average Bonchev–Trinajstić information content (AvgIpc) is 2.85. The highest BCUT2D eigenvalue weighted by atomic mass is 16.6. The lowest BCUT2D eigenvalue weighted by Crippen LogP contribution is -2.23. The maximum absolute atomic E-state index is 11.5. The van der Waals surface area contributed by atoms with Crippen molar-refractivity contribution in [1.29, 1.82) is 0 Å². The Labute approximate surface area is 114 Å². The van der Waals surface area contributed by atoms with Crippen LogP contribution in [-0.4, -0.2) is 37.7 Å². The van der Waals surface area contributed by atoms with Crippen molar-refractivity contribution in [3.8, 4) is 0 Å². The largest absolute Gasteiger partial charge is 0.525 e. The van der Waals surface area contributed by atoms with E-state index in [2.05, 4.69) is 4.99 Å². The third-order valence-electron chi connectivity index (χ3n) is 2.67. The molecule has 0 bridgehead atoms. The van der Waals surface area contributed by atoms with E-state index >= 15 is 0 Å². The van der Waals surface area contributed by atoms with E-state index in [1.54, 1.807) is 6.07 Å². The topological polar surface area (TPSA) is 94.3 Å². The van der Waals surface area contributed by atoms with Crippen LogP contribution in [0.25, 0.3) is 0 Å². The summed E-state index contributed by atoms with van der Waals surface area (Å²) in [6.07, 6.45) is 0. The number of benzene rings is 1. The highest BCUT2D eigenvalue weighted by Gasteiger charge is 2.12. The summed E-state index contributed by atoms with van der Waals surface area (Å²) in [6.45, 7) is 1.89. The van der Waals surface area contributed by atoms with E-state index in [-0.39, 0.29) is 23.6 Å². The van der Waals surface area contributed by atoms with Crippen molar-refractivity contribution in [3.05, 3.63) is 40.4 Å². The normalized spacial score (nSPS) is 15.9. The van der Waals surface area contributed by atoms with Crippen LogP contribution in [0.1, 0.15) is 0 Å². The van der Waals surface area contributed by atoms with Crippen molar-refractivity contribution in [2.24, 2.45) is 4.99 Å². The van der Waals surface area contributed by atoms with Crippen LogP contribution in [0.4, 0.5) is 11.4 Å². The SMILES string of the molecule is COCCN=c1ccc(N2[CH-]OCC2=O)c[c-]1[N+](=O)[O-]. The highest BCUT2D eigenvalue weighted by molar-refractivity contribution is 5.97. The van der Waals surface area contributed by atoms with Crippen LogP contribution < -0.4 is 10.3 Å². The smallest absolute Gasteiger partial charge is 0.212 e. The molecule has 0 aromatic heterocycles. The minimum absolute atomic E-state index is 0.0617. The van der Waals surface area contributed by atoms with Crippen LogP contribution >= 0.6 is 0 Å². The van der Waals surface area contributed by atoms with Crippen molar-refractivity contribution in [3.63, 3.8) is 0 Å². The summed E-state index contributed by atoms with van der Waals surface area (Å²) in [5.41, 5.74) is 0.219. The molecule has 1 saturated heterocycles. The van der Waals surface area contributed by atoms with Crippen molar-refractivity contribution in [1.82, 2.24) is 0 Å². The number of carbonyl (C=O) groups excluding carboxylic acids is 1. The van der Waals surface area contributed by atoms with Gasteiger partial charge in [-0.15, -0.1) is 18.9 Å². The predicted molar refractivity (Wildman–Crippen MR) is 68.7 cm³/mol. The molecule has 1 aliphatic heterocycles. The lowest BCUT2D eigenvalue weighted by atomic mass is 10.2. The molecule has 1 aromatic carbocycles. The Morgan fingerprint density at radius 3 is 3.05 bits per heavy atom. The summed E-state index contributed by atoms with van der Waals surface area (Å²) in [5, 5.41) is 11.3. The van der Waals surface area contributed by atoms with E-state index in [1.807, 2.05) is 0 Å². The van der Waals surface area contributed by atoms with Gasteiger partial charge in [0.2, 0.25) is 5.91 Å². The first kappa shape index (κ1) is 14.2. The number of non-ortho nitro benzene ring substituents is 1. The van der Waals surface area contributed by atoms with Crippen LogP contribution in [0.2, 0.25) is 0 Å². The lowest BCUT2D eigenvalue weighted by Gasteiger charge is -2.29. The molecule has 8 heteroatoms. The maximum atomic E-state index is 11.5. The Kier molecular flexibility index (Phi) is 4.49. The molecule has 0 aliphatic carbocycles. The molecule has 0 saturated carbocycles. The van der Waals surface area contributed by atoms with E-state index in [9.17, 15) is 14.9 Å². The van der Waals surface area contributed by atoms with Gasteiger partial charge in [-0.2, -0.15) is 0 Å². The molecule has 0 radical (unpaired) electrons. The van der Waals surface area contributed by atoms with Gasteiger partial charge < -0.3 is 19.4 Å². The highest BCUT2D eigenvalue weighted by Crippen LogP contribution is 2.22. The fourth-order valence-electron chi connectivity index (χ4n) is 1.72. The first-order chi connectivity index (χ1) is 9.63. The van der Waals surface area contributed by atoms with Gasteiger partial charge in [0.1, 0.15) is 0 Å². The summed E-state index contributed by atoms with van der Waals surface area (Å²) in [6, 6.07) is 4.39. The number of amides is 1. The Hall–Kier alpha value is -2.19. The molecule has 0 atom stereocenters. The molecule has 8 nitrogen and oxygen atoms in total. The van der Waals surface area contributed by atoms with Crippen molar-refractivity contribution >= 4 is 17.3 Å². The van der Waals surface area contributed by atoms with Gasteiger partial charge in [0.15, 0.2) is 5.69 Å². The zero-order valence-electron chi connectivity index (χ0n) is 10.8. The number of ether oxygens (including phenoxy) is 2. The average molecular weight is 279 g/mol. The number of methoxy groups -OCH3 is 1. The second kappa shape index (κ2) is 6.31. The first-order valence-electron chi connectivity index (χ1n) is 5.85. The Morgan fingerprint density at radius 1 is 1.65 bits per heavy atom. The van der Waals surface area contributed by atoms with E-state index < -0.39 is 4.92 Å². The molecule has 0 N–H and O–H groups in total. The molecule has 20 heavy (non-hydrogen) atoms. The van der Waals surface area contributed by atoms with Crippen molar-refractivity contribution < 1.29 is 19.2 Å². The molecular formula is C12H13N3O5-2. The molecule has 2 rings (SSSR count). The molecule has 1 amide bonds. The third-order valence-corrected chi connectivity index (χ3v) is 2.67. The molecule has 1 aromatic rings. The molecule has 0 unspecified atom stereocenters. The van der Waals surface area contributed by atoms with Crippen LogP contribution in [0, 0.1) is 16.8 Å². The number of hydrogen-bond acceptors (Lipinski definition) is 6. The fraction of sp³-hybridized carbons (Fsp3) is 0.333. The molecule has 108 valence electrons. The number of nitro groups is 1. The van der Waals surface area contributed by atoms with Crippen LogP contribution in [-0.2, 0) is 14.3 Å². The van der Waals surface area contributed by atoms with Gasteiger partial charge in [-0.05, 0) is 0 Å². The van der Waals surface area contributed by atoms with Crippen LogP contribution in [0.5, 0.6) is 0 Å². The Balaban J connectivity index is 2.34. The fourth-order valence-corrected chi connectivity index (χ4v) is 1.72. The number of rotatable bonds is 5. The first-order valence-corrected chi connectivity index (χ1v) is 5.85. The van der Waals surface area contributed by atoms with Crippen molar-refractivity contribution in [2.45, 2.75) is 0 Å². The lowest BCUT2D eigenvalue weighted by molar-refractivity contribution is -0.386. The number of hydrogen-bond donors (Lipinski definition) is 0. The second-order valence-corrected chi connectivity index (χ2v) is 3.98. The van der Waals surface area contributed by atoms with Crippen LogP contribution in [0.15, 0.2) is 23.2 Å². The third kappa shape index (κ3) is 3.03. The number of nitro benzene ring substituents is 1. The molecular weight excluding hydrogens is 266 g/mol. The molecule has 0 spiro atoms. The second-order valence-electron chi connectivity index (χ2n) is 3.98. The minimum atomic E-state index is -0.531. The summed E-state index contributed by atoms with van der Waals surface area (Å²) in [5.74, 6) is -0.275. The number of carbonyl (C=O) groups is 1. The summed E-state index contributed by atoms with van der Waals surface area (Å²) >= 11 is 0. The number of anilines is 1. The van der Waals surface area contributed by atoms with E-state index in [0.717, 1.165) is 0 Å². The van der Waals surface area contributed by atoms with Gasteiger partial charge in [0, 0.05) is 17.4 Å². The number of nitrogens with zero attached hydrogens (tertiary/aromatic N) is 3. The predicted octanol–water partition coefficient (Wildman–Crippen LogP) is 0.343. The summed E-state index contributed by atoms with van der Waals surface area (Å²) in [4.78, 5) is 27.4. The van der Waals surface area contributed by atoms with E-state index in [0.29, 0.717) is 18.8 Å². The van der Waals surface area contributed by atoms with Gasteiger partial charge >= 0.3 is 0 Å².